The van der Waals surface area contributed by atoms with Gasteiger partial charge in [-0.15, -0.1) is 0 Å². The van der Waals surface area contributed by atoms with E-state index in [1.54, 1.807) is 19.9 Å². The minimum Gasteiger partial charge on any atom is -0.478 e. The van der Waals surface area contributed by atoms with Crippen LogP contribution in [-0.4, -0.2) is 29.4 Å². The van der Waals surface area contributed by atoms with Crippen LogP contribution in [-0.2, 0) is 9.59 Å². The minimum absolute atomic E-state index is 0.106. The van der Waals surface area contributed by atoms with E-state index in [1.807, 2.05) is 0 Å². The SMILES string of the molecule is Cc1c(C(=O)O)ccc(N2CC(C(N)=O)CC2=O)c1C. The molecule has 0 aliphatic carbocycles. The minimum atomic E-state index is -1.00. The largest absolute Gasteiger partial charge is 0.478 e. The standard InChI is InChI=1S/C14H16N2O4/c1-7-8(2)11(4-3-10(7)14(19)20)16-6-9(13(15)18)5-12(16)17/h3-4,9H,5-6H2,1-2H3,(H2,15,18)(H,19,20). The van der Waals surface area contributed by atoms with E-state index in [-0.39, 0.29) is 24.4 Å². The number of anilines is 1. The van der Waals surface area contributed by atoms with Gasteiger partial charge >= 0.3 is 5.97 Å². The van der Waals surface area contributed by atoms with Crippen molar-refractivity contribution in [2.45, 2.75) is 20.3 Å². The molecule has 1 atom stereocenters. The average Bonchev–Trinajstić information content (AvgIpc) is 2.74. The van der Waals surface area contributed by atoms with Crippen LogP contribution < -0.4 is 10.6 Å². The number of nitrogens with zero attached hydrogens (tertiary/aromatic N) is 1. The molecule has 20 heavy (non-hydrogen) atoms. The molecular weight excluding hydrogens is 260 g/mol. The molecule has 2 amide bonds. The van der Waals surface area contributed by atoms with E-state index in [2.05, 4.69) is 0 Å². The molecule has 106 valence electrons. The van der Waals surface area contributed by atoms with Crippen molar-refractivity contribution in [1.82, 2.24) is 0 Å². The summed E-state index contributed by atoms with van der Waals surface area (Å²) in [6.45, 7) is 3.72. The quantitative estimate of drug-likeness (QED) is 0.854. The van der Waals surface area contributed by atoms with Crippen molar-refractivity contribution in [2.24, 2.45) is 11.7 Å². The number of amides is 2. The summed E-state index contributed by atoms with van der Waals surface area (Å²) in [6, 6.07) is 3.08. The van der Waals surface area contributed by atoms with Crippen molar-refractivity contribution in [3.63, 3.8) is 0 Å². The lowest BCUT2D eigenvalue weighted by atomic mass is 10.0. The molecule has 0 saturated carbocycles. The van der Waals surface area contributed by atoms with Crippen LogP contribution in [0.3, 0.4) is 0 Å². The first-order valence-electron chi connectivity index (χ1n) is 6.26. The molecule has 1 saturated heterocycles. The molecule has 1 heterocycles. The topological polar surface area (TPSA) is 101 Å². The van der Waals surface area contributed by atoms with Crippen molar-refractivity contribution in [2.75, 3.05) is 11.4 Å². The van der Waals surface area contributed by atoms with Gasteiger partial charge in [0.15, 0.2) is 0 Å². The van der Waals surface area contributed by atoms with Crippen LogP contribution in [0.25, 0.3) is 0 Å². The number of hydrogen-bond donors (Lipinski definition) is 2. The highest BCUT2D eigenvalue weighted by Gasteiger charge is 2.34. The number of carbonyl (C=O) groups excluding carboxylic acids is 2. The Balaban J connectivity index is 2.40. The van der Waals surface area contributed by atoms with Crippen molar-refractivity contribution < 1.29 is 19.5 Å². The van der Waals surface area contributed by atoms with E-state index in [4.69, 9.17) is 10.8 Å². The van der Waals surface area contributed by atoms with Gasteiger partial charge in [0.05, 0.1) is 11.5 Å². The van der Waals surface area contributed by atoms with Crippen LogP contribution in [0.2, 0.25) is 0 Å². The molecule has 2 rings (SSSR count). The molecule has 1 aromatic rings. The number of aromatic carboxylic acids is 1. The number of hydrogen-bond acceptors (Lipinski definition) is 3. The molecule has 6 heteroatoms. The third kappa shape index (κ3) is 2.24. The monoisotopic (exact) mass is 276 g/mol. The van der Waals surface area contributed by atoms with Gasteiger partial charge in [-0.1, -0.05) is 0 Å². The van der Waals surface area contributed by atoms with Crippen LogP contribution in [0, 0.1) is 19.8 Å². The summed E-state index contributed by atoms with van der Waals surface area (Å²) in [6.07, 6.45) is 0.106. The van der Waals surface area contributed by atoms with Crippen molar-refractivity contribution >= 4 is 23.5 Å². The number of carboxylic acids is 1. The smallest absolute Gasteiger partial charge is 0.335 e. The van der Waals surface area contributed by atoms with Crippen LogP contribution in [0.4, 0.5) is 5.69 Å². The maximum absolute atomic E-state index is 12.0. The molecule has 0 bridgehead atoms. The van der Waals surface area contributed by atoms with E-state index in [9.17, 15) is 14.4 Å². The zero-order valence-corrected chi connectivity index (χ0v) is 11.3. The first kappa shape index (κ1) is 14.0. The number of benzene rings is 1. The fourth-order valence-electron chi connectivity index (χ4n) is 2.46. The number of nitrogens with two attached hydrogens (primary N) is 1. The third-order valence-electron chi connectivity index (χ3n) is 3.81. The van der Waals surface area contributed by atoms with Crippen molar-refractivity contribution in [3.8, 4) is 0 Å². The van der Waals surface area contributed by atoms with Gasteiger partial charge in [0, 0.05) is 18.7 Å². The van der Waals surface area contributed by atoms with Gasteiger partial charge < -0.3 is 15.7 Å². The van der Waals surface area contributed by atoms with Crippen LogP contribution >= 0.6 is 0 Å². The Hall–Kier alpha value is -2.37. The zero-order valence-electron chi connectivity index (χ0n) is 11.3. The molecule has 0 radical (unpaired) electrons. The first-order chi connectivity index (χ1) is 9.32. The van der Waals surface area contributed by atoms with Gasteiger partial charge in [-0.25, -0.2) is 4.79 Å². The van der Waals surface area contributed by atoms with Gasteiger partial charge in [0.1, 0.15) is 0 Å². The lowest BCUT2D eigenvalue weighted by Gasteiger charge is -2.20. The van der Waals surface area contributed by atoms with Gasteiger partial charge in [0.2, 0.25) is 11.8 Å². The summed E-state index contributed by atoms with van der Waals surface area (Å²) in [5, 5.41) is 9.07. The Labute approximate surface area is 116 Å². The summed E-state index contributed by atoms with van der Waals surface area (Å²) >= 11 is 0. The summed E-state index contributed by atoms with van der Waals surface area (Å²) in [5.74, 6) is -2.14. The maximum atomic E-state index is 12.0. The Morgan fingerprint density at radius 2 is 1.95 bits per heavy atom. The second-order valence-electron chi connectivity index (χ2n) is 5.00. The number of primary amides is 1. The predicted octanol–water partition coefficient (Wildman–Crippen LogP) is 0.840. The maximum Gasteiger partial charge on any atom is 0.335 e. The number of carboxylic acid groups (broad SMARTS) is 1. The van der Waals surface area contributed by atoms with E-state index in [0.717, 1.165) is 5.56 Å². The second-order valence-corrected chi connectivity index (χ2v) is 5.00. The molecule has 1 aliphatic rings. The third-order valence-corrected chi connectivity index (χ3v) is 3.81. The molecule has 6 nitrogen and oxygen atoms in total. The molecule has 1 fully saturated rings. The zero-order chi connectivity index (χ0) is 15.0. The highest BCUT2D eigenvalue weighted by molar-refractivity contribution is 6.01. The van der Waals surface area contributed by atoms with Crippen molar-refractivity contribution in [3.05, 3.63) is 28.8 Å². The molecule has 1 aliphatic heterocycles. The second kappa shape index (κ2) is 4.96. The highest BCUT2D eigenvalue weighted by Crippen LogP contribution is 2.30. The van der Waals surface area contributed by atoms with E-state index in [1.165, 1.54) is 11.0 Å². The Bertz CT molecular complexity index is 609. The van der Waals surface area contributed by atoms with E-state index >= 15 is 0 Å². The summed E-state index contributed by atoms with van der Waals surface area (Å²) in [7, 11) is 0. The normalized spacial score (nSPS) is 18.4. The van der Waals surface area contributed by atoms with Crippen molar-refractivity contribution in [1.29, 1.82) is 0 Å². The Morgan fingerprint density at radius 3 is 2.45 bits per heavy atom. The Kier molecular flexibility index (Phi) is 3.48. The van der Waals surface area contributed by atoms with Gasteiger partial charge in [-0.2, -0.15) is 0 Å². The van der Waals surface area contributed by atoms with Gasteiger partial charge in [0.25, 0.3) is 0 Å². The van der Waals surface area contributed by atoms with E-state index < -0.39 is 17.8 Å². The summed E-state index contributed by atoms with van der Waals surface area (Å²) in [4.78, 5) is 35.7. The van der Waals surface area contributed by atoms with Crippen LogP contribution in [0.5, 0.6) is 0 Å². The summed E-state index contributed by atoms with van der Waals surface area (Å²) < 4.78 is 0. The molecule has 1 unspecified atom stereocenters. The number of rotatable bonds is 3. The highest BCUT2D eigenvalue weighted by atomic mass is 16.4. The van der Waals surface area contributed by atoms with Gasteiger partial charge in [-0.3, -0.25) is 9.59 Å². The van der Waals surface area contributed by atoms with Gasteiger partial charge in [-0.05, 0) is 37.1 Å². The molecule has 0 aromatic heterocycles. The molecule has 3 N–H and O–H groups in total. The molecular formula is C14H16N2O4. The fourth-order valence-corrected chi connectivity index (χ4v) is 2.46. The molecule has 1 aromatic carbocycles. The lowest BCUT2D eigenvalue weighted by molar-refractivity contribution is -0.123. The average molecular weight is 276 g/mol. The van der Waals surface area contributed by atoms with Crippen LogP contribution in [0.1, 0.15) is 27.9 Å². The fraction of sp³-hybridized carbons (Fsp3) is 0.357. The molecule has 0 spiro atoms. The van der Waals surface area contributed by atoms with Crippen LogP contribution in [0.15, 0.2) is 12.1 Å². The van der Waals surface area contributed by atoms with E-state index in [0.29, 0.717) is 11.3 Å². The predicted molar refractivity (Wildman–Crippen MR) is 72.5 cm³/mol. The summed E-state index contributed by atoms with van der Waals surface area (Å²) in [5.41, 5.74) is 7.43. The lowest BCUT2D eigenvalue weighted by Crippen LogP contribution is -2.29. The Morgan fingerprint density at radius 1 is 1.30 bits per heavy atom. The first-order valence-corrected chi connectivity index (χ1v) is 6.26. The number of carbonyl (C=O) groups is 3.